The number of nitrogens with two attached hydrogens (primary N) is 1. The van der Waals surface area contributed by atoms with Crippen molar-refractivity contribution in [3.8, 4) is 0 Å². The third kappa shape index (κ3) is 2.64. The Morgan fingerprint density at radius 1 is 1.33 bits per heavy atom. The third-order valence-corrected chi connectivity index (χ3v) is 3.10. The fraction of sp³-hybridized carbons (Fsp3) is 0.500. The Hall–Kier alpha value is -1.55. The molecule has 4 nitrogen and oxygen atoms in total. The Labute approximate surface area is 108 Å². The Kier molecular flexibility index (Phi) is 3.87. The minimum absolute atomic E-state index is 0.780. The van der Waals surface area contributed by atoms with Crippen molar-refractivity contribution in [2.75, 3.05) is 26.4 Å². The van der Waals surface area contributed by atoms with Gasteiger partial charge in [-0.2, -0.15) is 0 Å². The minimum atomic E-state index is 0.780. The van der Waals surface area contributed by atoms with E-state index in [1.54, 1.807) is 0 Å². The van der Waals surface area contributed by atoms with Crippen molar-refractivity contribution in [2.45, 2.75) is 26.3 Å². The van der Waals surface area contributed by atoms with Gasteiger partial charge in [0.25, 0.3) is 0 Å². The van der Waals surface area contributed by atoms with Crippen molar-refractivity contribution in [2.24, 2.45) is 0 Å². The Balaban J connectivity index is 2.41. The highest BCUT2D eigenvalue weighted by Crippen LogP contribution is 2.20. The normalized spacial score (nSPS) is 11.6. The molecule has 1 aromatic heterocycles. The second kappa shape index (κ2) is 5.40. The van der Waals surface area contributed by atoms with E-state index in [9.17, 15) is 0 Å². The summed E-state index contributed by atoms with van der Waals surface area (Å²) in [6.07, 6.45) is 2.13. The zero-order valence-corrected chi connectivity index (χ0v) is 11.5. The molecule has 0 bridgehead atoms. The highest BCUT2D eigenvalue weighted by Gasteiger charge is 2.10. The maximum Gasteiger partial charge on any atom is 0.109 e. The summed E-state index contributed by atoms with van der Waals surface area (Å²) in [6, 6.07) is 5.99. The molecule has 4 heteroatoms. The third-order valence-electron chi connectivity index (χ3n) is 3.10. The number of benzene rings is 1. The largest absolute Gasteiger partial charge is 0.399 e. The highest BCUT2D eigenvalue weighted by molar-refractivity contribution is 5.79. The van der Waals surface area contributed by atoms with Crippen LogP contribution in [0.4, 0.5) is 5.69 Å². The molecule has 2 aromatic rings. The molecule has 18 heavy (non-hydrogen) atoms. The van der Waals surface area contributed by atoms with Gasteiger partial charge in [0, 0.05) is 25.2 Å². The molecule has 0 fully saturated rings. The minimum Gasteiger partial charge on any atom is -0.399 e. The first kappa shape index (κ1) is 12.9. The van der Waals surface area contributed by atoms with Gasteiger partial charge in [0.1, 0.15) is 5.82 Å². The van der Waals surface area contributed by atoms with Crippen LogP contribution in [0.5, 0.6) is 0 Å². The van der Waals surface area contributed by atoms with Gasteiger partial charge in [0.05, 0.1) is 11.0 Å². The molecule has 0 saturated heterocycles. The second-order valence-electron chi connectivity index (χ2n) is 4.98. The molecule has 1 heterocycles. The van der Waals surface area contributed by atoms with E-state index in [-0.39, 0.29) is 0 Å². The molecule has 0 amide bonds. The molecule has 2 rings (SSSR count). The van der Waals surface area contributed by atoms with E-state index in [1.807, 2.05) is 12.1 Å². The SMILES string of the molecule is CCCc1nc2cc(N)ccc2n1CCN(C)C. The number of likely N-dealkylation sites (N-methyl/N-ethyl adjacent to an activating group) is 1. The molecular formula is C14H22N4. The number of aryl methyl sites for hydroxylation is 1. The van der Waals surface area contributed by atoms with Crippen molar-refractivity contribution >= 4 is 16.7 Å². The van der Waals surface area contributed by atoms with E-state index < -0.39 is 0 Å². The standard InChI is InChI=1S/C14H22N4/c1-4-5-14-16-12-10-11(15)6-7-13(12)18(14)9-8-17(2)3/h6-7,10H,4-5,8-9,15H2,1-3H3. The van der Waals surface area contributed by atoms with E-state index in [1.165, 1.54) is 11.3 Å². The van der Waals surface area contributed by atoms with Crippen molar-refractivity contribution < 1.29 is 0 Å². The lowest BCUT2D eigenvalue weighted by Crippen LogP contribution is -2.19. The van der Waals surface area contributed by atoms with Crippen molar-refractivity contribution in [1.82, 2.24) is 14.5 Å². The average Bonchev–Trinajstić information content (AvgIpc) is 2.63. The fourth-order valence-corrected chi connectivity index (χ4v) is 2.16. The van der Waals surface area contributed by atoms with Crippen LogP contribution in [0.2, 0.25) is 0 Å². The van der Waals surface area contributed by atoms with Gasteiger partial charge in [-0.3, -0.25) is 0 Å². The summed E-state index contributed by atoms with van der Waals surface area (Å²) >= 11 is 0. The van der Waals surface area contributed by atoms with Crippen LogP contribution in [0, 0.1) is 0 Å². The molecule has 1 aromatic carbocycles. The fourth-order valence-electron chi connectivity index (χ4n) is 2.16. The van der Waals surface area contributed by atoms with Crippen LogP contribution in [-0.4, -0.2) is 35.1 Å². The van der Waals surface area contributed by atoms with Crippen LogP contribution >= 0.6 is 0 Å². The molecule has 98 valence electrons. The van der Waals surface area contributed by atoms with Crippen LogP contribution in [0.3, 0.4) is 0 Å². The summed E-state index contributed by atoms with van der Waals surface area (Å²) in [5.41, 5.74) is 8.80. The molecule has 0 saturated carbocycles. The van der Waals surface area contributed by atoms with E-state index in [4.69, 9.17) is 10.7 Å². The van der Waals surface area contributed by atoms with Crippen LogP contribution in [0.25, 0.3) is 11.0 Å². The summed E-state index contributed by atoms with van der Waals surface area (Å²) < 4.78 is 2.32. The molecule has 2 N–H and O–H groups in total. The van der Waals surface area contributed by atoms with Gasteiger partial charge in [0.15, 0.2) is 0 Å². The molecule has 0 atom stereocenters. The molecule has 0 aliphatic rings. The number of nitrogens with zero attached hydrogens (tertiary/aromatic N) is 3. The maximum absolute atomic E-state index is 5.82. The number of hydrogen-bond donors (Lipinski definition) is 1. The van der Waals surface area contributed by atoms with Gasteiger partial charge in [-0.1, -0.05) is 6.92 Å². The molecule has 0 unspecified atom stereocenters. The molecule has 0 aliphatic heterocycles. The summed E-state index contributed by atoms with van der Waals surface area (Å²) in [4.78, 5) is 6.90. The molecule has 0 spiro atoms. The Morgan fingerprint density at radius 2 is 2.11 bits per heavy atom. The number of aromatic nitrogens is 2. The zero-order valence-electron chi connectivity index (χ0n) is 11.5. The van der Waals surface area contributed by atoms with Crippen molar-refractivity contribution in [1.29, 1.82) is 0 Å². The first-order chi connectivity index (χ1) is 8.61. The lowest BCUT2D eigenvalue weighted by molar-refractivity contribution is 0.383. The zero-order chi connectivity index (χ0) is 13.1. The Morgan fingerprint density at radius 3 is 2.78 bits per heavy atom. The number of rotatable bonds is 5. The highest BCUT2D eigenvalue weighted by atomic mass is 15.1. The monoisotopic (exact) mass is 246 g/mol. The van der Waals surface area contributed by atoms with E-state index in [0.29, 0.717) is 0 Å². The first-order valence-corrected chi connectivity index (χ1v) is 6.51. The Bertz CT molecular complexity index is 528. The second-order valence-corrected chi connectivity index (χ2v) is 4.98. The van der Waals surface area contributed by atoms with Crippen LogP contribution in [0.1, 0.15) is 19.2 Å². The summed E-state index contributed by atoms with van der Waals surface area (Å²) in [6.45, 7) is 4.18. The van der Waals surface area contributed by atoms with Gasteiger partial charge >= 0.3 is 0 Å². The van der Waals surface area contributed by atoms with Gasteiger partial charge < -0.3 is 15.2 Å². The summed E-state index contributed by atoms with van der Waals surface area (Å²) in [5, 5.41) is 0. The number of hydrogen-bond acceptors (Lipinski definition) is 3. The smallest absolute Gasteiger partial charge is 0.109 e. The number of nitrogen functional groups attached to an aromatic ring is 1. The maximum atomic E-state index is 5.82. The van der Waals surface area contributed by atoms with E-state index >= 15 is 0 Å². The number of anilines is 1. The van der Waals surface area contributed by atoms with Crippen LogP contribution in [0.15, 0.2) is 18.2 Å². The lowest BCUT2D eigenvalue weighted by Gasteiger charge is -2.13. The number of fused-ring (bicyclic) bond motifs is 1. The predicted octanol–water partition coefficient (Wildman–Crippen LogP) is 2.13. The number of imidazole rings is 1. The van der Waals surface area contributed by atoms with Gasteiger partial charge in [-0.15, -0.1) is 0 Å². The summed E-state index contributed by atoms with van der Waals surface area (Å²) in [7, 11) is 4.19. The van der Waals surface area contributed by atoms with E-state index in [0.717, 1.165) is 37.1 Å². The van der Waals surface area contributed by atoms with Crippen LogP contribution in [-0.2, 0) is 13.0 Å². The molecule has 0 aliphatic carbocycles. The van der Waals surface area contributed by atoms with Gasteiger partial charge in [0.2, 0.25) is 0 Å². The first-order valence-electron chi connectivity index (χ1n) is 6.51. The van der Waals surface area contributed by atoms with Crippen LogP contribution < -0.4 is 5.73 Å². The molecular weight excluding hydrogens is 224 g/mol. The predicted molar refractivity (Wildman–Crippen MR) is 76.7 cm³/mol. The van der Waals surface area contributed by atoms with Crippen molar-refractivity contribution in [3.63, 3.8) is 0 Å². The lowest BCUT2D eigenvalue weighted by atomic mass is 10.3. The molecule has 0 radical (unpaired) electrons. The quantitative estimate of drug-likeness (QED) is 0.822. The van der Waals surface area contributed by atoms with Crippen molar-refractivity contribution in [3.05, 3.63) is 24.0 Å². The summed E-state index contributed by atoms with van der Waals surface area (Å²) in [5.74, 6) is 1.17. The van der Waals surface area contributed by atoms with Gasteiger partial charge in [-0.25, -0.2) is 4.98 Å². The average molecular weight is 246 g/mol. The topological polar surface area (TPSA) is 47.1 Å². The van der Waals surface area contributed by atoms with Gasteiger partial charge in [-0.05, 0) is 38.7 Å². The van der Waals surface area contributed by atoms with E-state index in [2.05, 4.69) is 36.6 Å².